The lowest BCUT2D eigenvalue weighted by molar-refractivity contribution is -0.119. The fourth-order valence-corrected chi connectivity index (χ4v) is 3.99. The van der Waals surface area contributed by atoms with E-state index in [-0.39, 0.29) is 29.8 Å². The molecule has 0 saturated heterocycles. The first-order chi connectivity index (χ1) is 12.5. The highest BCUT2D eigenvalue weighted by molar-refractivity contribution is 6.07. The van der Waals surface area contributed by atoms with Crippen molar-refractivity contribution in [2.75, 3.05) is 4.90 Å². The van der Waals surface area contributed by atoms with Crippen molar-refractivity contribution in [1.29, 1.82) is 0 Å². The third kappa shape index (κ3) is 2.85. The number of rotatable bonds is 2. The molecule has 2 aromatic rings. The fraction of sp³-hybridized carbons (Fsp3) is 0.273. The molecule has 0 N–H and O–H groups in total. The minimum atomic E-state index is -0.359. The Morgan fingerprint density at radius 2 is 1.81 bits per heavy atom. The maximum Gasteiger partial charge on any atom is 0.232 e. The van der Waals surface area contributed by atoms with Crippen LogP contribution in [0, 0.1) is 12.7 Å². The molecule has 1 aliphatic carbocycles. The quantitative estimate of drug-likeness (QED) is 0.791. The van der Waals surface area contributed by atoms with Crippen molar-refractivity contribution >= 4 is 17.4 Å². The molecule has 0 saturated carbocycles. The van der Waals surface area contributed by atoms with Gasteiger partial charge in [0.2, 0.25) is 5.91 Å². The Morgan fingerprint density at radius 3 is 2.54 bits per heavy atom. The van der Waals surface area contributed by atoms with Crippen molar-refractivity contribution in [3.05, 3.63) is 76.7 Å². The number of amides is 1. The van der Waals surface area contributed by atoms with Crippen LogP contribution >= 0.6 is 0 Å². The van der Waals surface area contributed by atoms with Crippen LogP contribution < -0.4 is 4.90 Å². The highest BCUT2D eigenvalue weighted by Crippen LogP contribution is 2.43. The van der Waals surface area contributed by atoms with Crippen LogP contribution in [0.4, 0.5) is 10.1 Å². The van der Waals surface area contributed by atoms with Gasteiger partial charge >= 0.3 is 0 Å². The van der Waals surface area contributed by atoms with E-state index in [1.165, 1.54) is 12.1 Å². The van der Waals surface area contributed by atoms with Gasteiger partial charge in [-0.1, -0.05) is 29.8 Å². The molecular weight excluding hydrogens is 329 g/mol. The summed E-state index contributed by atoms with van der Waals surface area (Å²) in [6.07, 6.45) is 2.10. The zero-order chi connectivity index (χ0) is 18.3. The van der Waals surface area contributed by atoms with E-state index in [0.29, 0.717) is 24.0 Å². The van der Waals surface area contributed by atoms with Gasteiger partial charge in [0.25, 0.3) is 0 Å². The monoisotopic (exact) mass is 349 g/mol. The maximum atomic E-state index is 13.7. The lowest BCUT2D eigenvalue weighted by Crippen LogP contribution is -2.40. The summed E-state index contributed by atoms with van der Waals surface area (Å²) < 4.78 is 13.7. The first kappa shape index (κ1) is 16.7. The molecule has 0 bridgehead atoms. The summed E-state index contributed by atoms with van der Waals surface area (Å²) in [6.45, 7) is 2.00. The molecule has 3 nitrogen and oxygen atoms in total. The van der Waals surface area contributed by atoms with Gasteiger partial charge in [-0.2, -0.15) is 0 Å². The molecule has 0 spiro atoms. The van der Waals surface area contributed by atoms with Gasteiger partial charge in [0, 0.05) is 35.7 Å². The molecule has 4 rings (SSSR count). The minimum Gasteiger partial charge on any atom is -0.294 e. The summed E-state index contributed by atoms with van der Waals surface area (Å²) in [7, 11) is 0. The van der Waals surface area contributed by atoms with Gasteiger partial charge in [0.05, 0.1) is 0 Å². The third-order valence-electron chi connectivity index (χ3n) is 5.22. The van der Waals surface area contributed by atoms with Crippen LogP contribution in [-0.4, -0.2) is 11.7 Å². The van der Waals surface area contributed by atoms with Crippen LogP contribution in [0.1, 0.15) is 42.7 Å². The molecule has 2 aromatic carbocycles. The highest BCUT2D eigenvalue weighted by Gasteiger charge is 2.39. The number of carbonyl (C=O) groups is 2. The molecular formula is C22H20FNO2. The van der Waals surface area contributed by atoms with Gasteiger partial charge in [-0.15, -0.1) is 0 Å². The number of hydrogen-bond donors (Lipinski definition) is 0. The number of allylic oxidation sites excluding steroid dienone is 2. The third-order valence-corrected chi connectivity index (χ3v) is 5.22. The summed E-state index contributed by atoms with van der Waals surface area (Å²) in [5.41, 5.74) is 4.08. The Kier molecular flexibility index (Phi) is 4.19. The van der Waals surface area contributed by atoms with Crippen molar-refractivity contribution in [2.45, 2.75) is 38.5 Å². The second-order valence-corrected chi connectivity index (χ2v) is 7.01. The average molecular weight is 349 g/mol. The summed E-state index contributed by atoms with van der Waals surface area (Å²) in [5, 5.41) is 0. The Bertz CT molecular complexity index is 914. The zero-order valence-corrected chi connectivity index (χ0v) is 14.7. The second kappa shape index (κ2) is 6.52. The van der Waals surface area contributed by atoms with Crippen molar-refractivity contribution in [3.8, 4) is 0 Å². The van der Waals surface area contributed by atoms with E-state index in [0.717, 1.165) is 23.4 Å². The average Bonchev–Trinajstić information content (AvgIpc) is 2.62. The van der Waals surface area contributed by atoms with Gasteiger partial charge in [0.1, 0.15) is 5.82 Å². The molecule has 0 fully saturated rings. The molecule has 1 amide bonds. The van der Waals surface area contributed by atoms with E-state index in [1.54, 1.807) is 17.0 Å². The molecule has 1 unspecified atom stereocenters. The van der Waals surface area contributed by atoms with Crippen molar-refractivity contribution in [2.24, 2.45) is 0 Å². The van der Waals surface area contributed by atoms with E-state index >= 15 is 0 Å². The molecule has 26 heavy (non-hydrogen) atoms. The number of Topliss-reactive ketones (excluding diaryl/α,β-unsaturated/α-hetero) is 1. The standard InChI is InChI=1S/C22H20FNO2/c1-14-8-10-17(11-9-14)24-19-6-3-7-20(25)22(19)18(13-21(24)26)15-4-2-5-16(23)12-15/h2,4-5,8-12,18H,3,6-7,13H2,1H3. The predicted molar refractivity (Wildman–Crippen MR) is 98.3 cm³/mol. The molecule has 132 valence electrons. The minimum absolute atomic E-state index is 0.0448. The van der Waals surface area contributed by atoms with E-state index in [2.05, 4.69) is 0 Å². The van der Waals surface area contributed by atoms with Gasteiger partial charge < -0.3 is 0 Å². The molecule has 1 atom stereocenters. The first-order valence-corrected chi connectivity index (χ1v) is 8.96. The number of ketones is 1. The van der Waals surface area contributed by atoms with Crippen LogP contribution in [0.15, 0.2) is 59.8 Å². The molecule has 4 heteroatoms. The van der Waals surface area contributed by atoms with E-state index in [4.69, 9.17) is 0 Å². The number of anilines is 1. The second-order valence-electron chi connectivity index (χ2n) is 7.01. The van der Waals surface area contributed by atoms with E-state index < -0.39 is 0 Å². The Morgan fingerprint density at radius 1 is 1.04 bits per heavy atom. The Balaban J connectivity index is 1.85. The smallest absolute Gasteiger partial charge is 0.232 e. The predicted octanol–water partition coefficient (Wildman–Crippen LogP) is 4.66. The summed E-state index contributed by atoms with van der Waals surface area (Å²) in [4.78, 5) is 27.4. The largest absolute Gasteiger partial charge is 0.294 e. The number of aryl methyl sites for hydroxylation is 1. The number of carbonyl (C=O) groups excluding carboxylic acids is 2. The van der Waals surface area contributed by atoms with Gasteiger partial charge in [-0.3, -0.25) is 14.5 Å². The van der Waals surface area contributed by atoms with Crippen LogP contribution in [0.5, 0.6) is 0 Å². The number of benzene rings is 2. The van der Waals surface area contributed by atoms with Crippen LogP contribution in [-0.2, 0) is 9.59 Å². The lowest BCUT2D eigenvalue weighted by atomic mass is 9.77. The SMILES string of the molecule is Cc1ccc(N2C(=O)CC(c3cccc(F)c3)C3=C2CCCC3=O)cc1. The topological polar surface area (TPSA) is 37.4 Å². The lowest BCUT2D eigenvalue weighted by Gasteiger charge is -2.38. The van der Waals surface area contributed by atoms with Gasteiger partial charge in [0.15, 0.2) is 5.78 Å². The zero-order valence-electron chi connectivity index (χ0n) is 14.7. The first-order valence-electron chi connectivity index (χ1n) is 8.96. The Hall–Kier alpha value is -2.75. The normalized spacial score (nSPS) is 20.4. The molecule has 1 heterocycles. The van der Waals surface area contributed by atoms with E-state index in [1.807, 2.05) is 31.2 Å². The molecule has 2 aliphatic rings. The van der Waals surface area contributed by atoms with E-state index in [9.17, 15) is 14.0 Å². The number of nitrogens with zero attached hydrogens (tertiary/aromatic N) is 1. The Labute approximate surface area is 152 Å². The molecule has 0 aromatic heterocycles. The van der Waals surface area contributed by atoms with Crippen LogP contribution in [0.25, 0.3) is 0 Å². The fourth-order valence-electron chi connectivity index (χ4n) is 3.99. The summed E-state index contributed by atoms with van der Waals surface area (Å²) >= 11 is 0. The maximum absolute atomic E-state index is 13.7. The highest BCUT2D eigenvalue weighted by atomic mass is 19.1. The number of hydrogen-bond acceptors (Lipinski definition) is 2. The van der Waals surface area contributed by atoms with Crippen molar-refractivity contribution < 1.29 is 14.0 Å². The van der Waals surface area contributed by atoms with Crippen molar-refractivity contribution in [1.82, 2.24) is 0 Å². The molecule has 0 radical (unpaired) electrons. The summed E-state index contributed by atoms with van der Waals surface area (Å²) in [6, 6.07) is 14.0. The van der Waals surface area contributed by atoms with Crippen LogP contribution in [0.2, 0.25) is 0 Å². The summed E-state index contributed by atoms with van der Waals surface area (Å²) in [5.74, 6) is -0.675. The van der Waals surface area contributed by atoms with Gasteiger partial charge in [-0.25, -0.2) is 4.39 Å². The van der Waals surface area contributed by atoms with Gasteiger partial charge in [-0.05, 0) is 49.6 Å². The molecule has 1 aliphatic heterocycles. The van der Waals surface area contributed by atoms with Crippen LogP contribution in [0.3, 0.4) is 0 Å². The number of halogens is 1. The van der Waals surface area contributed by atoms with Crippen molar-refractivity contribution in [3.63, 3.8) is 0 Å².